The van der Waals surface area contributed by atoms with Crippen LogP contribution < -0.4 is 5.32 Å². The number of likely N-dealkylation sites (N-methyl/N-ethyl adjacent to an activating group) is 1. The maximum Gasteiger partial charge on any atom is 0.408 e. The van der Waals surface area contributed by atoms with Crippen molar-refractivity contribution in [2.24, 2.45) is 0 Å². The molecule has 0 fully saturated rings. The molecule has 21 heavy (non-hydrogen) atoms. The number of hydroxylamine groups is 2. The Hall–Kier alpha value is -1.34. The zero-order valence-corrected chi connectivity index (χ0v) is 14.3. The number of nitrogens with zero attached hydrogens (tertiary/aromatic N) is 1. The molecule has 0 aliphatic carbocycles. The van der Waals surface area contributed by atoms with Gasteiger partial charge in [0.05, 0.1) is 19.3 Å². The van der Waals surface area contributed by atoms with E-state index < -0.39 is 29.2 Å². The summed E-state index contributed by atoms with van der Waals surface area (Å²) in [5.41, 5.74) is -1.07. The monoisotopic (exact) mass is 304 g/mol. The Balaban J connectivity index is 4.80. The molecule has 0 bridgehead atoms. The van der Waals surface area contributed by atoms with E-state index in [-0.39, 0.29) is 6.61 Å². The lowest BCUT2D eigenvalue weighted by molar-refractivity contribution is -0.173. The average molecular weight is 304 g/mol. The lowest BCUT2D eigenvalue weighted by Crippen LogP contribution is -2.51. The Morgan fingerprint density at radius 3 is 2.00 bits per heavy atom. The molecule has 0 rings (SSSR count). The first kappa shape index (κ1) is 19.7. The first-order valence-corrected chi connectivity index (χ1v) is 6.81. The number of alkyl carbamates (subject to hydrolysis) is 1. The summed E-state index contributed by atoms with van der Waals surface area (Å²) in [5, 5.41) is 3.54. The highest BCUT2D eigenvalue weighted by molar-refractivity contribution is 5.85. The molecule has 0 aliphatic rings. The van der Waals surface area contributed by atoms with Crippen LogP contribution in [0.15, 0.2) is 0 Å². The molecule has 7 heteroatoms. The van der Waals surface area contributed by atoms with Crippen molar-refractivity contribution in [1.82, 2.24) is 10.4 Å². The van der Waals surface area contributed by atoms with Gasteiger partial charge < -0.3 is 14.8 Å². The van der Waals surface area contributed by atoms with Crippen molar-refractivity contribution in [1.29, 1.82) is 0 Å². The molecule has 0 unspecified atom stereocenters. The van der Waals surface area contributed by atoms with Gasteiger partial charge in [0.1, 0.15) is 11.6 Å². The highest BCUT2D eigenvalue weighted by atomic mass is 16.7. The predicted octanol–water partition coefficient (Wildman–Crippen LogP) is 1.71. The van der Waals surface area contributed by atoms with E-state index in [1.807, 2.05) is 20.8 Å². The molecule has 0 aliphatic heterocycles. The normalized spacial score (nSPS) is 13.5. The summed E-state index contributed by atoms with van der Waals surface area (Å²) in [7, 11) is 2.83. The van der Waals surface area contributed by atoms with Gasteiger partial charge in [-0.3, -0.25) is 9.63 Å². The van der Waals surface area contributed by atoms with E-state index in [1.165, 1.54) is 14.2 Å². The predicted molar refractivity (Wildman–Crippen MR) is 78.6 cm³/mol. The van der Waals surface area contributed by atoms with Crippen molar-refractivity contribution in [3.63, 3.8) is 0 Å². The van der Waals surface area contributed by atoms with Crippen LogP contribution in [0.2, 0.25) is 0 Å². The van der Waals surface area contributed by atoms with Crippen LogP contribution in [-0.2, 0) is 19.1 Å². The Kier molecular flexibility index (Phi) is 7.12. The van der Waals surface area contributed by atoms with Gasteiger partial charge in [-0.05, 0) is 41.5 Å². The van der Waals surface area contributed by atoms with E-state index in [9.17, 15) is 9.59 Å². The average Bonchev–Trinajstić information content (AvgIpc) is 2.29. The fourth-order valence-corrected chi connectivity index (χ4v) is 1.27. The zero-order chi connectivity index (χ0) is 16.8. The first-order valence-electron chi connectivity index (χ1n) is 6.81. The molecule has 124 valence electrons. The van der Waals surface area contributed by atoms with Crippen LogP contribution in [0.5, 0.6) is 0 Å². The topological polar surface area (TPSA) is 77.1 Å². The van der Waals surface area contributed by atoms with Crippen molar-refractivity contribution in [3.8, 4) is 0 Å². The number of nitrogens with one attached hydrogen (secondary N) is 1. The summed E-state index contributed by atoms with van der Waals surface area (Å²) in [4.78, 5) is 28.8. The molecular weight excluding hydrogens is 276 g/mol. The number of rotatable bonds is 5. The van der Waals surface area contributed by atoms with Crippen LogP contribution >= 0.6 is 0 Å². The van der Waals surface area contributed by atoms with Gasteiger partial charge in [0.2, 0.25) is 0 Å². The van der Waals surface area contributed by atoms with Crippen LogP contribution in [0, 0.1) is 0 Å². The minimum atomic E-state index is -0.885. The van der Waals surface area contributed by atoms with Crippen LogP contribution in [0.4, 0.5) is 4.79 Å². The van der Waals surface area contributed by atoms with Crippen molar-refractivity contribution < 1.29 is 23.9 Å². The maximum absolute atomic E-state index is 12.1. The van der Waals surface area contributed by atoms with Crippen LogP contribution in [0.1, 0.15) is 41.5 Å². The van der Waals surface area contributed by atoms with Gasteiger partial charge in [-0.2, -0.15) is 0 Å². The SMILES string of the molecule is CON(C)C(=O)[C@H](COC(C)(C)C)NC(=O)OC(C)(C)C. The number of hydrogen-bond donors (Lipinski definition) is 1. The molecule has 0 aromatic heterocycles. The van der Waals surface area contributed by atoms with Gasteiger partial charge in [-0.1, -0.05) is 0 Å². The summed E-state index contributed by atoms with van der Waals surface area (Å²) >= 11 is 0. The van der Waals surface area contributed by atoms with Crippen LogP contribution in [0.3, 0.4) is 0 Å². The third kappa shape index (κ3) is 9.25. The fraction of sp³-hybridized carbons (Fsp3) is 0.857. The number of carbonyl (C=O) groups excluding carboxylic acids is 2. The van der Waals surface area contributed by atoms with Crippen LogP contribution in [-0.4, -0.2) is 55.1 Å². The lowest BCUT2D eigenvalue weighted by atomic mass is 10.2. The minimum absolute atomic E-state index is 0.0231. The minimum Gasteiger partial charge on any atom is -0.444 e. The largest absolute Gasteiger partial charge is 0.444 e. The van der Waals surface area contributed by atoms with Crippen molar-refractivity contribution in [2.45, 2.75) is 58.8 Å². The molecule has 2 amide bonds. The second-order valence-corrected chi connectivity index (χ2v) is 6.64. The molecule has 0 aromatic carbocycles. The summed E-state index contributed by atoms with van der Waals surface area (Å²) in [6.07, 6.45) is -0.678. The second kappa shape index (κ2) is 7.61. The Bertz CT molecular complexity index is 357. The van der Waals surface area contributed by atoms with Gasteiger partial charge in [0, 0.05) is 7.05 Å². The molecule has 1 atom stereocenters. The fourth-order valence-electron chi connectivity index (χ4n) is 1.27. The number of amides is 2. The molecule has 0 radical (unpaired) electrons. The second-order valence-electron chi connectivity index (χ2n) is 6.64. The van der Waals surface area contributed by atoms with E-state index in [0.29, 0.717) is 0 Å². The Morgan fingerprint density at radius 2 is 1.62 bits per heavy atom. The number of hydrogen-bond acceptors (Lipinski definition) is 5. The van der Waals surface area contributed by atoms with Gasteiger partial charge in [0.25, 0.3) is 5.91 Å². The molecule has 0 saturated heterocycles. The highest BCUT2D eigenvalue weighted by Gasteiger charge is 2.28. The standard InChI is InChI=1S/C14H28N2O5/c1-13(2,3)20-9-10(11(17)16(7)19-8)15-12(18)21-14(4,5)6/h10H,9H2,1-8H3,(H,15,18)/t10-/m0/s1. The third-order valence-corrected chi connectivity index (χ3v) is 2.26. The summed E-state index contributed by atoms with van der Waals surface area (Å²) < 4.78 is 10.7. The van der Waals surface area contributed by atoms with Gasteiger partial charge in [-0.15, -0.1) is 0 Å². The van der Waals surface area contributed by atoms with E-state index in [2.05, 4.69) is 5.32 Å². The zero-order valence-electron chi connectivity index (χ0n) is 14.3. The van der Waals surface area contributed by atoms with Crippen LogP contribution in [0.25, 0.3) is 0 Å². The first-order chi connectivity index (χ1) is 9.35. The number of carbonyl (C=O) groups is 2. The van der Waals surface area contributed by atoms with Gasteiger partial charge in [0.15, 0.2) is 0 Å². The van der Waals surface area contributed by atoms with Gasteiger partial charge in [-0.25, -0.2) is 9.86 Å². The highest BCUT2D eigenvalue weighted by Crippen LogP contribution is 2.10. The van der Waals surface area contributed by atoms with E-state index in [4.69, 9.17) is 14.3 Å². The Morgan fingerprint density at radius 1 is 1.10 bits per heavy atom. The Labute approximate surface area is 126 Å². The molecule has 0 spiro atoms. The van der Waals surface area contributed by atoms with Gasteiger partial charge >= 0.3 is 6.09 Å². The lowest BCUT2D eigenvalue weighted by Gasteiger charge is -2.28. The third-order valence-electron chi connectivity index (χ3n) is 2.26. The molecular formula is C14H28N2O5. The molecule has 0 heterocycles. The van der Waals surface area contributed by atoms with Crippen molar-refractivity contribution in [3.05, 3.63) is 0 Å². The molecule has 0 saturated carbocycles. The summed E-state index contributed by atoms with van der Waals surface area (Å²) in [6.45, 7) is 10.9. The van der Waals surface area contributed by atoms with E-state index in [0.717, 1.165) is 5.06 Å². The summed E-state index contributed by atoms with van der Waals surface area (Å²) in [5.74, 6) is -0.424. The molecule has 0 aromatic rings. The maximum atomic E-state index is 12.1. The number of ether oxygens (including phenoxy) is 2. The smallest absolute Gasteiger partial charge is 0.408 e. The van der Waals surface area contributed by atoms with Crippen molar-refractivity contribution >= 4 is 12.0 Å². The molecule has 1 N–H and O–H groups in total. The molecule has 7 nitrogen and oxygen atoms in total. The summed E-state index contributed by atoms with van der Waals surface area (Å²) in [6, 6.07) is -0.885. The quantitative estimate of drug-likeness (QED) is 0.783. The van der Waals surface area contributed by atoms with E-state index in [1.54, 1.807) is 20.8 Å². The van der Waals surface area contributed by atoms with E-state index >= 15 is 0 Å². The van der Waals surface area contributed by atoms with Crippen molar-refractivity contribution in [2.75, 3.05) is 20.8 Å².